The Labute approximate surface area is 120 Å². The number of benzene rings is 1. The smallest absolute Gasteiger partial charge is 0.260 e. The van der Waals surface area contributed by atoms with Gasteiger partial charge in [-0.1, -0.05) is 11.6 Å². The molecule has 4 rings (SSSR count). The van der Waals surface area contributed by atoms with E-state index in [1.54, 1.807) is 0 Å². The number of nitrogens with two attached hydrogens (primary N) is 1. The van der Waals surface area contributed by atoms with Gasteiger partial charge in [-0.05, 0) is 37.2 Å². The number of hydrogen-bond donors (Lipinski definition) is 1. The molecule has 2 saturated carbocycles. The first-order valence-electron chi connectivity index (χ1n) is 7.20. The minimum Gasteiger partial charge on any atom is -0.398 e. The Morgan fingerprint density at radius 2 is 1.95 bits per heavy atom. The number of hydrogen-bond acceptors (Lipinski definition) is 4. The van der Waals surface area contributed by atoms with Crippen LogP contribution in [0.25, 0.3) is 11.5 Å². The Bertz CT molecular complexity index is 700. The van der Waals surface area contributed by atoms with Crippen LogP contribution in [0.15, 0.2) is 16.7 Å². The number of rotatable bonds is 2. The van der Waals surface area contributed by atoms with Gasteiger partial charge in [0.25, 0.3) is 5.89 Å². The monoisotopic (exact) mass is 291 g/mol. The van der Waals surface area contributed by atoms with Crippen molar-refractivity contribution in [2.75, 3.05) is 5.73 Å². The molecule has 0 aliphatic heterocycles. The molecule has 3 atom stereocenters. The van der Waals surface area contributed by atoms with Crippen molar-refractivity contribution in [3.63, 3.8) is 0 Å². The van der Waals surface area contributed by atoms with Gasteiger partial charge in [-0.3, -0.25) is 0 Å². The minimum atomic E-state index is -0.982. The third-order valence-electron chi connectivity index (χ3n) is 4.83. The summed E-state index contributed by atoms with van der Waals surface area (Å²) in [5.74, 6) is 0.597. The van der Waals surface area contributed by atoms with E-state index in [4.69, 9.17) is 10.3 Å². The molecule has 1 heterocycles. The van der Waals surface area contributed by atoms with Crippen LogP contribution in [0.1, 0.15) is 37.4 Å². The van der Waals surface area contributed by atoms with Crippen LogP contribution >= 0.6 is 0 Å². The van der Waals surface area contributed by atoms with Gasteiger partial charge in [0.15, 0.2) is 17.5 Å². The maximum atomic E-state index is 13.4. The molecule has 0 radical (unpaired) electrons. The average molecular weight is 291 g/mol. The summed E-state index contributed by atoms with van der Waals surface area (Å²) < 4.78 is 31.7. The minimum absolute atomic E-state index is 0.0945. The third-order valence-corrected chi connectivity index (χ3v) is 4.83. The van der Waals surface area contributed by atoms with Gasteiger partial charge in [-0.2, -0.15) is 4.98 Å². The zero-order valence-electron chi connectivity index (χ0n) is 11.4. The maximum Gasteiger partial charge on any atom is 0.260 e. The third kappa shape index (κ3) is 2.01. The van der Waals surface area contributed by atoms with Gasteiger partial charge in [0.2, 0.25) is 0 Å². The van der Waals surface area contributed by atoms with Crippen LogP contribution in [0.5, 0.6) is 0 Å². The highest BCUT2D eigenvalue weighted by Gasteiger charge is 2.42. The fourth-order valence-corrected chi connectivity index (χ4v) is 3.80. The van der Waals surface area contributed by atoms with Gasteiger partial charge in [-0.15, -0.1) is 0 Å². The second-order valence-corrected chi connectivity index (χ2v) is 6.09. The van der Waals surface area contributed by atoms with Crippen LogP contribution in [0.2, 0.25) is 0 Å². The molecular formula is C15H15F2N3O. The van der Waals surface area contributed by atoms with Crippen molar-refractivity contribution < 1.29 is 13.3 Å². The van der Waals surface area contributed by atoms with E-state index >= 15 is 0 Å². The summed E-state index contributed by atoms with van der Waals surface area (Å²) in [5.41, 5.74) is 6.05. The molecular weight excluding hydrogens is 276 g/mol. The van der Waals surface area contributed by atoms with E-state index in [0.717, 1.165) is 24.5 Å². The molecule has 110 valence electrons. The highest BCUT2D eigenvalue weighted by Crippen LogP contribution is 2.52. The first-order valence-corrected chi connectivity index (χ1v) is 7.20. The number of nitrogens with zero attached hydrogens (tertiary/aromatic N) is 2. The molecule has 1 aromatic carbocycles. The lowest BCUT2D eigenvalue weighted by atomic mass is 9.88. The predicted octanol–water partition coefficient (Wildman–Crippen LogP) is 3.50. The van der Waals surface area contributed by atoms with E-state index < -0.39 is 11.6 Å². The largest absolute Gasteiger partial charge is 0.398 e. The van der Waals surface area contributed by atoms with Crippen molar-refractivity contribution in [3.8, 4) is 11.5 Å². The first kappa shape index (κ1) is 12.7. The molecule has 0 amide bonds. The highest BCUT2D eigenvalue weighted by molar-refractivity contribution is 5.70. The van der Waals surface area contributed by atoms with E-state index in [1.807, 2.05) is 0 Å². The Hall–Kier alpha value is -1.98. The zero-order chi connectivity index (χ0) is 14.6. The lowest BCUT2D eigenvalue weighted by Crippen LogP contribution is -2.10. The Morgan fingerprint density at radius 3 is 2.67 bits per heavy atom. The summed E-state index contributed by atoms with van der Waals surface area (Å²) in [4.78, 5) is 4.37. The second kappa shape index (κ2) is 4.51. The fourth-order valence-electron chi connectivity index (χ4n) is 3.80. The van der Waals surface area contributed by atoms with Crippen molar-refractivity contribution >= 4 is 5.69 Å². The van der Waals surface area contributed by atoms with E-state index in [9.17, 15) is 8.78 Å². The van der Waals surface area contributed by atoms with Gasteiger partial charge in [0.1, 0.15) is 0 Å². The number of anilines is 1. The molecule has 2 N–H and O–H groups in total. The van der Waals surface area contributed by atoms with Gasteiger partial charge < -0.3 is 10.3 Å². The Kier molecular flexibility index (Phi) is 2.74. The van der Waals surface area contributed by atoms with Crippen molar-refractivity contribution in [3.05, 3.63) is 29.6 Å². The fraction of sp³-hybridized carbons (Fsp3) is 0.467. The molecule has 0 spiro atoms. The Morgan fingerprint density at radius 1 is 1.14 bits per heavy atom. The van der Waals surface area contributed by atoms with Crippen LogP contribution < -0.4 is 5.73 Å². The van der Waals surface area contributed by atoms with Crippen LogP contribution in [-0.4, -0.2) is 10.1 Å². The van der Waals surface area contributed by atoms with E-state index in [0.29, 0.717) is 17.7 Å². The molecule has 1 aromatic heterocycles. The first-order chi connectivity index (χ1) is 10.1. The van der Waals surface area contributed by atoms with Crippen molar-refractivity contribution in [2.24, 2.45) is 11.8 Å². The number of fused-ring (bicyclic) bond motifs is 2. The molecule has 2 aromatic rings. The van der Waals surface area contributed by atoms with Crippen molar-refractivity contribution in [2.45, 2.75) is 31.6 Å². The molecule has 21 heavy (non-hydrogen) atoms. The summed E-state index contributed by atoms with van der Waals surface area (Å²) in [5, 5.41) is 4.03. The second-order valence-electron chi connectivity index (χ2n) is 6.09. The lowest BCUT2D eigenvalue weighted by molar-refractivity contribution is 0.372. The normalized spacial score (nSPS) is 27.4. The summed E-state index contributed by atoms with van der Waals surface area (Å²) in [6, 6.07) is 1.94. The zero-order valence-corrected chi connectivity index (χ0v) is 11.4. The highest BCUT2D eigenvalue weighted by atomic mass is 19.2. The molecule has 2 aliphatic rings. The van der Waals surface area contributed by atoms with E-state index in [2.05, 4.69) is 10.1 Å². The van der Waals surface area contributed by atoms with Crippen LogP contribution in [0.3, 0.4) is 0 Å². The van der Waals surface area contributed by atoms with Gasteiger partial charge in [-0.25, -0.2) is 8.78 Å². The molecule has 6 heteroatoms. The van der Waals surface area contributed by atoms with Crippen LogP contribution in [0, 0.1) is 23.5 Å². The molecule has 2 fully saturated rings. The molecule has 4 nitrogen and oxygen atoms in total. The predicted molar refractivity (Wildman–Crippen MR) is 72.3 cm³/mol. The van der Waals surface area contributed by atoms with Crippen LogP contribution in [0.4, 0.5) is 14.5 Å². The summed E-state index contributed by atoms with van der Waals surface area (Å²) >= 11 is 0. The average Bonchev–Trinajstić information content (AvgIpc) is 3.17. The molecule has 3 unspecified atom stereocenters. The SMILES string of the molecule is Nc1cc(F)c(F)cc1-c1nc(C2CC3CCC2C3)no1. The van der Waals surface area contributed by atoms with E-state index in [-0.39, 0.29) is 17.1 Å². The van der Waals surface area contributed by atoms with Crippen LogP contribution in [-0.2, 0) is 0 Å². The van der Waals surface area contributed by atoms with Crippen molar-refractivity contribution in [1.82, 2.24) is 10.1 Å². The number of nitrogen functional groups attached to an aromatic ring is 1. The van der Waals surface area contributed by atoms with Gasteiger partial charge in [0.05, 0.1) is 5.56 Å². The topological polar surface area (TPSA) is 64.9 Å². The van der Waals surface area contributed by atoms with Crippen molar-refractivity contribution in [1.29, 1.82) is 0 Å². The Balaban J connectivity index is 1.67. The van der Waals surface area contributed by atoms with E-state index in [1.165, 1.54) is 19.3 Å². The molecule has 2 bridgehead atoms. The molecule has 2 aliphatic carbocycles. The maximum absolute atomic E-state index is 13.4. The summed E-state index contributed by atoms with van der Waals surface area (Å²) in [6.07, 6.45) is 4.84. The number of aromatic nitrogens is 2. The van der Waals surface area contributed by atoms with Gasteiger partial charge >= 0.3 is 0 Å². The quantitative estimate of drug-likeness (QED) is 0.860. The summed E-state index contributed by atoms with van der Waals surface area (Å²) in [7, 11) is 0. The van der Waals surface area contributed by atoms with Gasteiger partial charge in [0, 0.05) is 17.7 Å². The standard InChI is InChI=1S/C15H15F2N3O/c16-11-5-10(13(18)6-12(11)17)15-19-14(20-21-15)9-4-7-1-2-8(9)3-7/h5-9H,1-4,18H2. The number of halogens is 2. The summed E-state index contributed by atoms with van der Waals surface area (Å²) in [6.45, 7) is 0. The molecule has 0 saturated heterocycles. The lowest BCUT2D eigenvalue weighted by Gasteiger charge is -2.17.